The quantitative estimate of drug-likeness (QED) is 0.203. The molecule has 0 aromatic heterocycles. The van der Waals surface area contributed by atoms with E-state index < -0.39 is 0 Å². The Kier molecular flexibility index (Phi) is 11.9. The van der Waals surface area contributed by atoms with Crippen LogP contribution < -0.4 is 20.7 Å². The minimum Gasteiger partial charge on any atom is -0.497 e. The third-order valence-corrected chi connectivity index (χ3v) is 4.90. The highest BCUT2D eigenvalue weighted by atomic mass is 127. The largest absolute Gasteiger partial charge is 0.497 e. The topological polar surface area (TPSA) is 60.9 Å². The van der Waals surface area contributed by atoms with Crippen molar-refractivity contribution in [3.8, 4) is 5.75 Å². The number of benzene rings is 1. The number of methoxy groups -OCH3 is 1. The molecule has 1 aliphatic rings. The van der Waals surface area contributed by atoms with Gasteiger partial charge in [-0.2, -0.15) is 0 Å². The number of hydrogen-bond acceptors (Lipinski definition) is 4. The van der Waals surface area contributed by atoms with Gasteiger partial charge >= 0.3 is 0 Å². The molecule has 29 heavy (non-hydrogen) atoms. The van der Waals surface area contributed by atoms with Crippen LogP contribution in [0.4, 0.5) is 0 Å². The molecule has 0 bridgehead atoms. The Balaban J connectivity index is 0.00000420. The van der Waals surface area contributed by atoms with Crippen LogP contribution in [-0.4, -0.2) is 62.8 Å². The minimum absolute atomic E-state index is 0. The third-order valence-electron chi connectivity index (χ3n) is 4.90. The zero-order valence-electron chi connectivity index (χ0n) is 18.8. The van der Waals surface area contributed by atoms with Gasteiger partial charge in [0.25, 0.3) is 0 Å². The van der Waals surface area contributed by atoms with Gasteiger partial charge in [0.15, 0.2) is 5.96 Å². The Labute approximate surface area is 194 Å². The van der Waals surface area contributed by atoms with Crippen LogP contribution in [0.25, 0.3) is 0 Å². The Morgan fingerprint density at radius 1 is 1.17 bits per heavy atom. The van der Waals surface area contributed by atoms with Crippen LogP contribution in [0.3, 0.4) is 0 Å². The zero-order chi connectivity index (χ0) is 20.4. The normalized spacial score (nSPS) is 16.2. The van der Waals surface area contributed by atoms with Crippen LogP contribution in [0.2, 0.25) is 0 Å². The van der Waals surface area contributed by atoms with Crippen LogP contribution >= 0.6 is 24.0 Å². The van der Waals surface area contributed by atoms with Gasteiger partial charge in [0.05, 0.1) is 19.7 Å². The van der Waals surface area contributed by atoms with Gasteiger partial charge in [0, 0.05) is 25.2 Å². The summed E-state index contributed by atoms with van der Waals surface area (Å²) in [5.41, 5.74) is 1.40. The first kappa shape index (κ1) is 26.0. The Hall–Kier alpha value is -1.06. The average molecular weight is 518 g/mol. The SMILES string of the molecule is CCNC(=NCC(c1cccc(OC)c1)N1CCCC1)NCCNC(C)(C)C.I. The van der Waals surface area contributed by atoms with Crippen molar-refractivity contribution < 1.29 is 4.74 Å². The lowest BCUT2D eigenvalue weighted by molar-refractivity contribution is 0.251. The standard InChI is InChI=1S/C22H39N5O.HI/c1-6-23-21(24-12-13-26-22(2,3)4)25-17-20(27-14-7-8-15-27)18-10-9-11-19(16-18)28-5;/h9-11,16,20,26H,6-8,12-15,17H2,1-5H3,(H2,23,24,25);1H. The molecule has 1 heterocycles. The number of halogens is 1. The molecule has 1 atom stereocenters. The van der Waals surface area contributed by atoms with Gasteiger partial charge in [-0.15, -0.1) is 24.0 Å². The number of aliphatic imine (C=N–C) groups is 1. The number of guanidine groups is 1. The van der Waals surface area contributed by atoms with E-state index in [1.807, 2.05) is 6.07 Å². The fourth-order valence-electron chi connectivity index (χ4n) is 3.47. The summed E-state index contributed by atoms with van der Waals surface area (Å²) >= 11 is 0. The summed E-state index contributed by atoms with van der Waals surface area (Å²) in [7, 11) is 1.72. The molecule has 1 aliphatic heterocycles. The third kappa shape index (κ3) is 9.53. The van der Waals surface area contributed by atoms with E-state index in [9.17, 15) is 0 Å². The molecule has 1 fully saturated rings. The fourth-order valence-corrected chi connectivity index (χ4v) is 3.47. The second-order valence-electron chi connectivity index (χ2n) is 8.36. The van der Waals surface area contributed by atoms with Gasteiger partial charge in [0.1, 0.15) is 5.75 Å². The summed E-state index contributed by atoms with van der Waals surface area (Å²) in [4.78, 5) is 7.45. The summed E-state index contributed by atoms with van der Waals surface area (Å²) in [6, 6.07) is 8.69. The Morgan fingerprint density at radius 3 is 2.52 bits per heavy atom. The zero-order valence-corrected chi connectivity index (χ0v) is 21.1. The van der Waals surface area contributed by atoms with Crippen molar-refractivity contribution in [1.29, 1.82) is 0 Å². The maximum Gasteiger partial charge on any atom is 0.191 e. The summed E-state index contributed by atoms with van der Waals surface area (Å²) in [6.45, 7) is 14.2. The van der Waals surface area contributed by atoms with Crippen molar-refractivity contribution in [2.24, 2.45) is 4.99 Å². The van der Waals surface area contributed by atoms with Crippen LogP contribution in [0.15, 0.2) is 29.3 Å². The molecule has 0 amide bonds. The molecule has 0 aliphatic carbocycles. The van der Waals surface area contributed by atoms with E-state index in [0.29, 0.717) is 0 Å². The van der Waals surface area contributed by atoms with E-state index in [4.69, 9.17) is 9.73 Å². The molecule has 1 saturated heterocycles. The molecule has 1 unspecified atom stereocenters. The number of likely N-dealkylation sites (tertiary alicyclic amines) is 1. The molecule has 3 N–H and O–H groups in total. The van der Waals surface area contributed by atoms with Gasteiger partial charge in [-0.25, -0.2) is 0 Å². The van der Waals surface area contributed by atoms with Crippen molar-refractivity contribution in [3.63, 3.8) is 0 Å². The van der Waals surface area contributed by atoms with Crippen molar-refractivity contribution in [2.75, 3.05) is 46.4 Å². The highest BCUT2D eigenvalue weighted by Crippen LogP contribution is 2.27. The van der Waals surface area contributed by atoms with Gasteiger partial charge in [0.2, 0.25) is 0 Å². The van der Waals surface area contributed by atoms with Crippen LogP contribution in [-0.2, 0) is 0 Å². The van der Waals surface area contributed by atoms with Gasteiger partial charge in [-0.05, 0) is 71.3 Å². The molecule has 7 heteroatoms. The van der Waals surface area contributed by atoms with Gasteiger partial charge in [-0.1, -0.05) is 12.1 Å². The highest BCUT2D eigenvalue weighted by molar-refractivity contribution is 14.0. The van der Waals surface area contributed by atoms with E-state index in [2.05, 4.69) is 66.7 Å². The molecule has 0 radical (unpaired) electrons. The molecule has 2 rings (SSSR count). The maximum absolute atomic E-state index is 5.44. The number of rotatable bonds is 9. The number of nitrogens with zero attached hydrogens (tertiary/aromatic N) is 2. The second-order valence-corrected chi connectivity index (χ2v) is 8.36. The molecule has 166 valence electrons. The Morgan fingerprint density at radius 2 is 1.90 bits per heavy atom. The van der Waals surface area contributed by atoms with Crippen LogP contribution in [0.1, 0.15) is 52.1 Å². The summed E-state index contributed by atoms with van der Waals surface area (Å²) in [6.07, 6.45) is 2.53. The lowest BCUT2D eigenvalue weighted by Gasteiger charge is -2.27. The summed E-state index contributed by atoms with van der Waals surface area (Å²) < 4.78 is 5.44. The number of ether oxygens (including phenoxy) is 1. The predicted molar refractivity (Wildman–Crippen MR) is 134 cm³/mol. The van der Waals surface area contributed by atoms with E-state index in [-0.39, 0.29) is 35.6 Å². The van der Waals surface area contributed by atoms with Gasteiger partial charge in [-0.3, -0.25) is 9.89 Å². The van der Waals surface area contributed by atoms with Crippen LogP contribution in [0.5, 0.6) is 5.75 Å². The highest BCUT2D eigenvalue weighted by Gasteiger charge is 2.23. The summed E-state index contributed by atoms with van der Waals surface area (Å²) in [5, 5.41) is 10.3. The molecule has 0 saturated carbocycles. The van der Waals surface area contributed by atoms with Crippen molar-refractivity contribution in [1.82, 2.24) is 20.9 Å². The summed E-state index contributed by atoms with van der Waals surface area (Å²) in [5.74, 6) is 1.79. The number of nitrogens with one attached hydrogen (secondary N) is 3. The first-order valence-electron chi connectivity index (χ1n) is 10.6. The maximum atomic E-state index is 5.44. The first-order valence-corrected chi connectivity index (χ1v) is 10.6. The molecular formula is C22H40IN5O. The smallest absolute Gasteiger partial charge is 0.191 e. The predicted octanol–water partition coefficient (Wildman–Crippen LogP) is 3.39. The van der Waals surface area contributed by atoms with E-state index in [0.717, 1.165) is 51.0 Å². The first-order chi connectivity index (χ1) is 13.4. The molecule has 1 aromatic rings. The average Bonchev–Trinajstić information content (AvgIpc) is 3.19. The molecular weight excluding hydrogens is 477 g/mol. The van der Waals surface area contributed by atoms with Crippen molar-refractivity contribution in [2.45, 2.75) is 52.1 Å². The minimum atomic E-state index is 0. The van der Waals surface area contributed by atoms with Crippen molar-refractivity contribution in [3.05, 3.63) is 29.8 Å². The van der Waals surface area contributed by atoms with Crippen LogP contribution in [0, 0.1) is 0 Å². The van der Waals surface area contributed by atoms with Gasteiger partial charge < -0.3 is 20.7 Å². The lowest BCUT2D eigenvalue weighted by Crippen LogP contribution is -2.44. The monoisotopic (exact) mass is 517 g/mol. The van der Waals surface area contributed by atoms with E-state index in [1.165, 1.54) is 18.4 Å². The molecule has 6 nitrogen and oxygen atoms in total. The second kappa shape index (κ2) is 13.3. The molecule has 1 aromatic carbocycles. The fraction of sp³-hybridized carbons (Fsp3) is 0.682. The number of hydrogen-bond donors (Lipinski definition) is 3. The van der Waals surface area contributed by atoms with E-state index >= 15 is 0 Å². The Bertz CT molecular complexity index is 611. The van der Waals surface area contributed by atoms with Crippen molar-refractivity contribution >= 4 is 29.9 Å². The molecule has 0 spiro atoms. The van der Waals surface area contributed by atoms with E-state index in [1.54, 1.807) is 7.11 Å². The lowest BCUT2D eigenvalue weighted by atomic mass is 10.1.